The number of carbonyl (C=O) groups is 1. The lowest BCUT2D eigenvalue weighted by Gasteiger charge is -2.52. The van der Waals surface area contributed by atoms with Gasteiger partial charge in [-0.05, 0) is 50.9 Å². The summed E-state index contributed by atoms with van der Waals surface area (Å²) >= 11 is 0. The van der Waals surface area contributed by atoms with Gasteiger partial charge in [-0.2, -0.15) is 0 Å². The van der Waals surface area contributed by atoms with Crippen molar-refractivity contribution in [3.8, 4) is 0 Å². The van der Waals surface area contributed by atoms with E-state index in [9.17, 15) is 9.59 Å². The number of para-hydroxylation sites is 1. The van der Waals surface area contributed by atoms with Crippen molar-refractivity contribution in [3.05, 3.63) is 46.2 Å². The number of hydrogen-bond donors (Lipinski definition) is 0. The number of fused-ring (bicyclic) bond motifs is 1. The molecule has 6 heteroatoms. The van der Waals surface area contributed by atoms with E-state index in [1.54, 1.807) is 12.3 Å². The van der Waals surface area contributed by atoms with E-state index in [1.807, 2.05) is 34.7 Å². The Hall–Kier alpha value is -2.18. The van der Waals surface area contributed by atoms with Crippen LogP contribution < -0.4 is 5.43 Å². The van der Waals surface area contributed by atoms with Gasteiger partial charge >= 0.3 is 0 Å². The number of aryl methyl sites for hydroxylation is 1. The highest BCUT2D eigenvalue weighted by Crippen LogP contribution is 2.39. The van der Waals surface area contributed by atoms with Crippen molar-refractivity contribution in [1.82, 2.24) is 14.4 Å². The topological polar surface area (TPSA) is 54.8 Å². The molecule has 2 unspecified atom stereocenters. The average Bonchev–Trinajstić information content (AvgIpc) is 3.31. The molecule has 1 aliphatic carbocycles. The van der Waals surface area contributed by atoms with E-state index in [-0.39, 0.29) is 22.5 Å². The second kappa shape index (κ2) is 7.82. The molecule has 1 amide bonds. The lowest BCUT2D eigenvalue weighted by molar-refractivity contribution is -0.156. The van der Waals surface area contributed by atoms with Crippen LogP contribution >= 0.6 is 0 Å². The second-order valence-corrected chi connectivity index (χ2v) is 9.14. The minimum Gasteiger partial charge on any atom is -0.370 e. The molecule has 1 aromatic carbocycles. The van der Waals surface area contributed by atoms with E-state index in [4.69, 9.17) is 4.74 Å². The number of amides is 1. The molecule has 2 atom stereocenters. The van der Waals surface area contributed by atoms with Crippen molar-refractivity contribution in [2.24, 2.45) is 7.05 Å². The van der Waals surface area contributed by atoms with E-state index < -0.39 is 0 Å². The molecule has 5 rings (SSSR count). The normalized spacial score (nSPS) is 27.8. The molecule has 1 saturated carbocycles. The number of pyridine rings is 1. The maximum Gasteiger partial charge on any atom is 0.259 e. The number of benzene rings is 1. The zero-order valence-corrected chi connectivity index (χ0v) is 17.8. The van der Waals surface area contributed by atoms with Gasteiger partial charge in [0.2, 0.25) is 5.43 Å². The molecule has 1 spiro atoms. The highest BCUT2D eigenvalue weighted by molar-refractivity contribution is 5.97. The first-order chi connectivity index (χ1) is 14.6. The molecule has 6 nitrogen and oxygen atoms in total. The Labute approximate surface area is 177 Å². The van der Waals surface area contributed by atoms with Crippen molar-refractivity contribution in [2.75, 3.05) is 32.8 Å². The van der Waals surface area contributed by atoms with Crippen molar-refractivity contribution in [2.45, 2.75) is 50.2 Å². The van der Waals surface area contributed by atoms with Gasteiger partial charge in [0.1, 0.15) is 11.2 Å². The van der Waals surface area contributed by atoms with Gasteiger partial charge in [-0.25, -0.2) is 0 Å². The molecule has 160 valence electrons. The lowest BCUT2D eigenvalue weighted by atomic mass is 9.78. The van der Waals surface area contributed by atoms with Crippen LogP contribution in [0.1, 0.15) is 48.9 Å². The summed E-state index contributed by atoms with van der Waals surface area (Å²) in [5, 5.41) is 0.599. The Morgan fingerprint density at radius 2 is 1.90 bits per heavy atom. The molecule has 3 heterocycles. The molecule has 2 aliphatic heterocycles. The Morgan fingerprint density at radius 3 is 2.73 bits per heavy atom. The minimum atomic E-state index is -0.293. The SMILES string of the molecule is Cn1cc(C(=O)N2CCOC3(CCCCC3N3CCCC3)C2)c(=O)c2ccccc21. The predicted molar refractivity (Wildman–Crippen MR) is 117 cm³/mol. The molecule has 3 fully saturated rings. The van der Waals surface area contributed by atoms with Crippen LogP contribution in [-0.2, 0) is 11.8 Å². The smallest absolute Gasteiger partial charge is 0.259 e. The van der Waals surface area contributed by atoms with Crippen LogP contribution in [0.5, 0.6) is 0 Å². The minimum absolute atomic E-state index is 0.158. The van der Waals surface area contributed by atoms with Gasteiger partial charge in [-0.15, -0.1) is 0 Å². The third-order valence-corrected chi connectivity index (χ3v) is 7.34. The van der Waals surface area contributed by atoms with E-state index >= 15 is 0 Å². The van der Waals surface area contributed by atoms with Gasteiger partial charge in [0, 0.05) is 31.2 Å². The maximum absolute atomic E-state index is 13.5. The number of likely N-dealkylation sites (tertiary alicyclic amines) is 1. The van der Waals surface area contributed by atoms with E-state index in [0.29, 0.717) is 31.1 Å². The molecule has 2 saturated heterocycles. The van der Waals surface area contributed by atoms with Crippen LogP contribution in [0.2, 0.25) is 0 Å². The van der Waals surface area contributed by atoms with Crippen molar-refractivity contribution in [3.63, 3.8) is 0 Å². The highest BCUT2D eigenvalue weighted by Gasteiger charge is 2.48. The number of nitrogens with zero attached hydrogens (tertiary/aromatic N) is 3. The molecule has 3 aliphatic rings. The molecule has 0 bridgehead atoms. The van der Waals surface area contributed by atoms with Crippen LogP contribution in [0.3, 0.4) is 0 Å². The Kier molecular flexibility index (Phi) is 5.15. The van der Waals surface area contributed by atoms with Crippen LogP contribution in [0, 0.1) is 0 Å². The largest absolute Gasteiger partial charge is 0.370 e. The summed E-state index contributed by atoms with van der Waals surface area (Å²) in [4.78, 5) is 31.1. The first-order valence-corrected chi connectivity index (χ1v) is 11.3. The summed E-state index contributed by atoms with van der Waals surface area (Å²) in [5.41, 5.74) is 0.646. The van der Waals surface area contributed by atoms with Crippen molar-refractivity contribution < 1.29 is 9.53 Å². The number of morpholine rings is 1. The number of aromatic nitrogens is 1. The molecule has 0 N–H and O–H groups in total. The fraction of sp³-hybridized carbons (Fsp3) is 0.583. The maximum atomic E-state index is 13.5. The van der Waals surface area contributed by atoms with E-state index in [0.717, 1.165) is 37.9 Å². The molecule has 30 heavy (non-hydrogen) atoms. The fourth-order valence-electron chi connectivity index (χ4n) is 5.86. The van der Waals surface area contributed by atoms with E-state index in [1.165, 1.54) is 19.3 Å². The summed E-state index contributed by atoms with van der Waals surface area (Å²) in [7, 11) is 1.89. The number of hydrogen-bond acceptors (Lipinski definition) is 4. The second-order valence-electron chi connectivity index (χ2n) is 9.14. The van der Waals surface area contributed by atoms with Gasteiger partial charge in [0.15, 0.2) is 0 Å². The molecular weight excluding hydrogens is 378 g/mol. The zero-order chi connectivity index (χ0) is 20.7. The van der Waals surface area contributed by atoms with E-state index in [2.05, 4.69) is 4.90 Å². The van der Waals surface area contributed by atoms with Gasteiger partial charge in [-0.3, -0.25) is 14.5 Å². The number of ether oxygens (including phenoxy) is 1. The van der Waals surface area contributed by atoms with Crippen LogP contribution in [-0.4, -0.2) is 64.7 Å². The zero-order valence-electron chi connectivity index (χ0n) is 17.8. The third kappa shape index (κ3) is 3.26. The summed E-state index contributed by atoms with van der Waals surface area (Å²) in [6.45, 7) is 3.94. The first-order valence-electron chi connectivity index (χ1n) is 11.3. The Morgan fingerprint density at radius 1 is 1.10 bits per heavy atom. The van der Waals surface area contributed by atoms with Gasteiger partial charge < -0.3 is 14.2 Å². The number of carbonyl (C=O) groups excluding carboxylic acids is 1. The van der Waals surface area contributed by atoms with Crippen LogP contribution in [0.15, 0.2) is 35.3 Å². The van der Waals surface area contributed by atoms with Crippen molar-refractivity contribution in [1.29, 1.82) is 0 Å². The van der Waals surface area contributed by atoms with Crippen LogP contribution in [0.25, 0.3) is 10.9 Å². The van der Waals surface area contributed by atoms with Gasteiger partial charge in [-0.1, -0.05) is 25.0 Å². The molecule has 1 aromatic heterocycles. The lowest BCUT2D eigenvalue weighted by Crippen LogP contribution is -2.64. The Bertz CT molecular complexity index is 1010. The fourth-order valence-corrected chi connectivity index (χ4v) is 5.86. The van der Waals surface area contributed by atoms with Gasteiger partial charge in [0.05, 0.1) is 18.7 Å². The monoisotopic (exact) mass is 409 g/mol. The number of rotatable bonds is 2. The third-order valence-electron chi connectivity index (χ3n) is 7.34. The summed E-state index contributed by atoms with van der Waals surface area (Å²) in [5.74, 6) is -0.158. The summed E-state index contributed by atoms with van der Waals surface area (Å²) < 4.78 is 8.34. The summed E-state index contributed by atoms with van der Waals surface area (Å²) in [6.07, 6.45) is 8.71. The highest BCUT2D eigenvalue weighted by atomic mass is 16.5. The molecule has 0 radical (unpaired) electrons. The standard InChI is InChI=1S/C24H31N3O3/c1-25-16-19(22(28)18-8-2-3-9-20(18)25)23(29)27-14-15-30-24(17-27)11-5-4-10-21(24)26-12-6-7-13-26/h2-3,8-9,16,21H,4-7,10-15,17H2,1H3. The molecule has 2 aromatic rings. The predicted octanol–water partition coefficient (Wildman–Crippen LogP) is 2.79. The Balaban J connectivity index is 1.46. The first kappa shape index (κ1) is 19.8. The van der Waals surface area contributed by atoms with Crippen LogP contribution in [0.4, 0.5) is 0 Å². The average molecular weight is 410 g/mol. The van der Waals surface area contributed by atoms with Gasteiger partial charge in [0.25, 0.3) is 5.91 Å². The quantitative estimate of drug-likeness (QED) is 0.765. The molecular formula is C24H31N3O3. The van der Waals surface area contributed by atoms with Crippen molar-refractivity contribution >= 4 is 16.8 Å². The summed E-state index contributed by atoms with van der Waals surface area (Å²) in [6, 6.07) is 7.86.